The first-order chi connectivity index (χ1) is 12.9. The molecule has 3 aromatic rings. The summed E-state index contributed by atoms with van der Waals surface area (Å²) in [5.41, 5.74) is 5.34. The highest BCUT2D eigenvalue weighted by atomic mass is 16.1. The molecular formula is C22H26N4O. The molecule has 0 fully saturated rings. The van der Waals surface area contributed by atoms with Crippen molar-refractivity contribution in [3.8, 4) is 11.3 Å². The Morgan fingerprint density at radius 2 is 1.93 bits per heavy atom. The van der Waals surface area contributed by atoms with Gasteiger partial charge in [0.15, 0.2) is 0 Å². The van der Waals surface area contributed by atoms with Crippen LogP contribution in [0.25, 0.3) is 22.3 Å². The molecule has 3 heterocycles. The second-order valence-electron chi connectivity index (χ2n) is 8.45. The first-order valence-electron chi connectivity index (χ1n) is 9.63. The third-order valence-corrected chi connectivity index (χ3v) is 5.39. The molecule has 0 atom stereocenters. The van der Waals surface area contributed by atoms with Crippen molar-refractivity contribution < 1.29 is 0 Å². The molecule has 0 N–H and O–H groups in total. The lowest BCUT2D eigenvalue weighted by atomic mass is 9.77. The third-order valence-electron chi connectivity index (χ3n) is 5.39. The highest BCUT2D eigenvalue weighted by molar-refractivity contribution is 5.88. The van der Waals surface area contributed by atoms with Crippen molar-refractivity contribution in [2.24, 2.45) is 5.41 Å². The summed E-state index contributed by atoms with van der Waals surface area (Å²) in [6, 6.07) is 9.50. The van der Waals surface area contributed by atoms with Gasteiger partial charge in [-0.25, -0.2) is 9.20 Å². The molecule has 1 aliphatic rings. The van der Waals surface area contributed by atoms with Crippen LogP contribution in [0.1, 0.15) is 58.7 Å². The Morgan fingerprint density at radius 1 is 1.11 bits per heavy atom. The quantitative estimate of drug-likeness (QED) is 0.677. The summed E-state index contributed by atoms with van der Waals surface area (Å²) in [6.45, 7) is 8.57. The predicted octanol–water partition coefficient (Wildman–Crippen LogP) is 4.73. The minimum Gasteiger partial charge on any atom is -0.268 e. The van der Waals surface area contributed by atoms with Gasteiger partial charge in [-0.1, -0.05) is 26.0 Å². The van der Waals surface area contributed by atoms with E-state index >= 15 is 0 Å². The highest BCUT2D eigenvalue weighted by Crippen LogP contribution is 2.41. The van der Waals surface area contributed by atoms with Crippen molar-refractivity contribution in [1.29, 1.82) is 0 Å². The van der Waals surface area contributed by atoms with Gasteiger partial charge in [-0.15, -0.1) is 0 Å². The minimum absolute atomic E-state index is 0.0115. The fraction of sp³-hybridized carbons (Fsp3) is 0.409. The van der Waals surface area contributed by atoms with E-state index in [1.807, 2.05) is 42.8 Å². The van der Waals surface area contributed by atoms with Gasteiger partial charge in [0, 0.05) is 12.3 Å². The van der Waals surface area contributed by atoms with Crippen LogP contribution in [0, 0.1) is 5.41 Å². The minimum atomic E-state index is -0.0783. The lowest BCUT2D eigenvalue weighted by Gasteiger charge is -2.28. The predicted molar refractivity (Wildman–Crippen MR) is 109 cm³/mol. The van der Waals surface area contributed by atoms with Crippen LogP contribution in [-0.4, -0.2) is 19.4 Å². The Morgan fingerprint density at radius 3 is 2.63 bits per heavy atom. The number of fused-ring (bicyclic) bond motifs is 1. The molecule has 0 radical (unpaired) electrons. The Labute approximate surface area is 159 Å². The van der Waals surface area contributed by atoms with E-state index in [1.54, 1.807) is 10.7 Å². The second kappa shape index (κ2) is 6.48. The summed E-state index contributed by atoms with van der Waals surface area (Å²) < 4.78 is 3.46. The fourth-order valence-electron chi connectivity index (χ4n) is 3.70. The van der Waals surface area contributed by atoms with Gasteiger partial charge in [0.05, 0.1) is 28.5 Å². The summed E-state index contributed by atoms with van der Waals surface area (Å²) in [6.07, 6.45) is 7.49. The summed E-state index contributed by atoms with van der Waals surface area (Å²) in [7, 11) is 0. The van der Waals surface area contributed by atoms with Crippen molar-refractivity contribution in [3.05, 3.63) is 58.7 Å². The second-order valence-corrected chi connectivity index (χ2v) is 8.45. The number of nitrogens with zero attached hydrogens (tertiary/aromatic N) is 4. The van der Waals surface area contributed by atoms with Crippen molar-refractivity contribution in [3.63, 3.8) is 0 Å². The van der Waals surface area contributed by atoms with E-state index in [0.717, 1.165) is 41.7 Å². The third kappa shape index (κ3) is 3.22. The van der Waals surface area contributed by atoms with Crippen molar-refractivity contribution >= 4 is 11.1 Å². The Balaban J connectivity index is 1.94. The number of hydrogen-bond acceptors (Lipinski definition) is 3. The zero-order valence-electron chi connectivity index (χ0n) is 16.4. The maximum atomic E-state index is 12.2. The monoisotopic (exact) mass is 362 g/mol. The molecule has 0 spiro atoms. The molecule has 0 bridgehead atoms. The molecule has 5 nitrogen and oxygen atoms in total. The topological polar surface area (TPSA) is 52.2 Å². The van der Waals surface area contributed by atoms with E-state index in [2.05, 4.69) is 31.1 Å². The number of pyridine rings is 1. The van der Waals surface area contributed by atoms with Gasteiger partial charge < -0.3 is 0 Å². The normalized spacial score (nSPS) is 16.7. The van der Waals surface area contributed by atoms with Crippen LogP contribution < -0.4 is 5.56 Å². The van der Waals surface area contributed by atoms with Gasteiger partial charge in [0.2, 0.25) is 0 Å². The van der Waals surface area contributed by atoms with E-state index in [9.17, 15) is 4.79 Å². The Bertz CT molecular complexity index is 1090. The average Bonchev–Trinajstić information content (AvgIpc) is 3.01. The largest absolute Gasteiger partial charge is 0.268 e. The molecule has 3 aromatic heterocycles. The average molecular weight is 362 g/mol. The number of aromatic nitrogens is 4. The first kappa shape index (κ1) is 17.7. The van der Waals surface area contributed by atoms with E-state index in [4.69, 9.17) is 5.10 Å². The van der Waals surface area contributed by atoms with E-state index < -0.39 is 0 Å². The molecule has 1 aliphatic carbocycles. The zero-order valence-corrected chi connectivity index (χ0v) is 16.4. The standard InChI is InChI=1S/C22H26N4O/c1-15(2)26-19(27)9-8-17(23-26)20-18-7-5-6-14-25(18)24-21(20)16-10-12-22(3,4)13-11-16/h5-10,14-15H,11-13H2,1-4H3. The van der Waals surface area contributed by atoms with E-state index in [-0.39, 0.29) is 11.6 Å². The molecule has 5 heteroatoms. The molecule has 4 rings (SSSR count). The first-order valence-corrected chi connectivity index (χ1v) is 9.63. The van der Waals surface area contributed by atoms with Gasteiger partial charge in [-0.05, 0) is 62.3 Å². The molecule has 0 aliphatic heterocycles. The van der Waals surface area contributed by atoms with Gasteiger partial charge >= 0.3 is 0 Å². The Hall–Kier alpha value is -2.69. The molecule has 0 amide bonds. The van der Waals surface area contributed by atoms with E-state index in [1.165, 1.54) is 5.57 Å². The summed E-state index contributed by atoms with van der Waals surface area (Å²) in [5, 5.41) is 9.55. The van der Waals surface area contributed by atoms with Crippen molar-refractivity contribution in [2.75, 3.05) is 0 Å². The van der Waals surface area contributed by atoms with Crippen LogP contribution in [0.3, 0.4) is 0 Å². The molecular weight excluding hydrogens is 336 g/mol. The van der Waals surface area contributed by atoms with E-state index in [0.29, 0.717) is 5.41 Å². The van der Waals surface area contributed by atoms with Crippen molar-refractivity contribution in [1.82, 2.24) is 19.4 Å². The van der Waals surface area contributed by atoms with Crippen LogP contribution in [0.4, 0.5) is 0 Å². The van der Waals surface area contributed by atoms with Gasteiger partial charge in [0.25, 0.3) is 5.56 Å². The van der Waals surface area contributed by atoms with Gasteiger partial charge in [0.1, 0.15) is 0 Å². The fourth-order valence-corrected chi connectivity index (χ4v) is 3.70. The highest BCUT2D eigenvalue weighted by Gasteiger charge is 2.26. The lowest BCUT2D eigenvalue weighted by Crippen LogP contribution is -2.24. The smallest absolute Gasteiger partial charge is 0.267 e. The van der Waals surface area contributed by atoms with Crippen LogP contribution >= 0.6 is 0 Å². The van der Waals surface area contributed by atoms with Crippen molar-refractivity contribution in [2.45, 2.75) is 53.0 Å². The summed E-state index contributed by atoms with van der Waals surface area (Å²) in [5.74, 6) is 0. The number of rotatable bonds is 3. The summed E-state index contributed by atoms with van der Waals surface area (Å²) in [4.78, 5) is 12.2. The maximum Gasteiger partial charge on any atom is 0.267 e. The van der Waals surface area contributed by atoms with Crippen LogP contribution in [0.5, 0.6) is 0 Å². The summed E-state index contributed by atoms with van der Waals surface area (Å²) >= 11 is 0. The lowest BCUT2D eigenvalue weighted by molar-refractivity contribution is 0.334. The van der Waals surface area contributed by atoms with Crippen LogP contribution in [-0.2, 0) is 0 Å². The van der Waals surface area contributed by atoms with Gasteiger partial charge in [-0.3, -0.25) is 4.79 Å². The Kier molecular flexibility index (Phi) is 4.25. The van der Waals surface area contributed by atoms with Crippen LogP contribution in [0.15, 0.2) is 47.4 Å². The molecule has 0 unspecified atom stereocenters. The zero-order chi connectivity index (χ0) is 19.2. The maximum absolute atomic E-state index is 12.2. The molecule has 27 heavy (non-hydrogen) atoms. The molecule has 0 aromatic carbocycles. The molecule has 0 saturated heterocycles. The van der Waals surface area contributed by atoms with Gasteiger partial charge in [-0.2, -0.15) is 10.2 Å². The number of allylic oxidation sites excluding steroid dienone is 2. The molecule has 0 saturated carbocycles. The van der Waals surface area contributed by atoms with Crippen LogP contribution in [0.2, 0.25) is 0 Å². The number of hydrogen-bond donors (Lipinski definition) is 0. The molecule has 140 valence electrons. The SMILES string of the molecule is CC(C)n1nc(-c2c(C3=CCC(C)(C)CC3)nn3ccccc23)ccc1=O.